The number of aryl methyl sites for hydroxylation is 1. The maximum absolute atomic E-state index is 15.2. The Morgan fingerprint density at radius 2 is 1.80 bits per heavy atom. The minimum absolute atomic E-state index is 0.0337. The fourth-order valence-corrected chi connectivity index (χ4v) is 4.67. The van der Waals surface area contributed by atoms with Gasteiger partial charge in [-0.25, -0.2) is 28.7 Å². The van der Waals surface area contributed by atoms with Crippen LogP contribution in [0.5, 0.6) is 5.88 Å². The van der Waals surface area contributed by atoms with E-state index in [2.05, 4.69) is 24.9 Å². The van der Waals surface area contributed by atoms with E-state index in [1.54, 1.807) is 13.0 Å². The number of fused-ring (bicyclic) bond motifs is 1. The number of hydrogen-bond donors (Lipinski definition) is 0. The van der Waals surface area contributed by atoms with E-state index in [9.17, 15) is 13.2 Å². The predicted molar refractivity (Wildman–Crippen MR) is 132 cm³/mol. The Labute approximate surface area is 223 Å². The largest absolute Gasteiger partial charge is 0.480 e. The molecule has 0 N–H and O–H groups in total. The minimum Gasteiger partial charge on any atom is -0.480 e. The number of halogens is 5. The van der Waals surface area contributed by atoms with Crippen molar-refractivity contribution in [2.75, 3.05) is 7.11 Å². The van der Waals surface area contributed by atoms with E-state index in [-0.39, 0.29) is 30.3 Å². The lowest BCUT2D eigenvalue weighted by Gasteiger charge is -2.10. The van der Waals surface area contributed by atoms with Crippen LogP contribution in [-0.2, 0) is 19.1 Å². The molecule has 5 aromatic rings. The van der Waals surface area contributed by atoms with Crippen molar-refractivity contribution in [3.05, 3.63) is 71.2 Å². The quantitative estimate of drug-likeness (QED) is 0.216. The van der Waals surface area contributed by atoms with E-state index in [0.717, 1.165) is 41.4 Å². The van der Waals surface area contributed by atoms with E-state index in [1.807, 2.05) is 0 Å². The highest BCUT2D eigenvalue weighted by Crippen LogP contribution is 2.46. The van der Waals surface area contributed by atoms with Gasteiger partial charge in [0, 0.05) is 31.3 Å². The van der Waals surface area contributed by atoms with Crippen LogP contribution in [-0.4, -0.2) is 36.6 Å². The molecule has 206 valence electrons. The maximum Gasteiger partial charge on any atom is 0.434 e. The summed E-state index contributed by atoms with van der Waals surface area (Å²) in [6.45, 7) is 1.59. The highest BCUT2D eigenvalue weighted by molar-refractivity contribution is 5.80. The van der Waals surface area contributed by atoms with Gasteiger partial charge in [0.2, 0.25) is 11.8 Å². The van der Waals surface area contributed by atoms with Crippen molar-refractivity contribution in [2.24, 2.45) is 0 Å². The van der Waals surface area contributed by atoms with Crippen LogP contribution in [0.2, 0.25) is 0 Å². The molecule has 1 aliphatic carbocycles. The zero-order valence-corrected chi connectivity index (χ0v) is 21.3. The molecule has 1 aromatic carbocycles. The lowest BCUT2D eigenvalue weighted by Crippen LogP contribution is -2.05. The molecule has 0 bridgehead atoms. The highest BCUT2D eigenvalue weighted by atomic mass is 19.4. The summed E-state index contributed by atoms with van der Waals surface area (Å²) in [5.41, 5.74) is 0.781. The molecular formula is C27H21F5N6O2. The summed E-state index contributed by atoms with van der Waals surface area (Å²) in [6.07, 6.45) is 0.825. The first-order valence-electron chi connectivity index (χ1n) is 12.4. The van der Waals surface area contributed by atoms with Crippen LogP contribution in [0.15, 0.2) is 41.3 Å². The van der Waals surface area contributed by atoms with Crippen LogP contribution >= 0.6 is 0 Å². The summed E-state index contributed by atoms with van der Waals surface area (Å²) in [7, 11) is 1.49. The Hall–Kier alpha value is -4.42. The van der Waals surface area contributed by atoms with Crippen molar-refractivity contribution in [1.82, 2.24) is 29.5 Å². The number of alkyl halides is 3. The van der Waals surface area contributed by atoms with Crippen molar-refractivity contribution in [2.45, 2.75) is 44.8 Å². The normalized spacial score (nSPS) is 13.8. The van der Waals surface area contributed by atoms with Gasteiger partial charge in [0.15, 0.2) is 11.3 Å². The van der Waals surface area contributed by atoms with Crippen LogP contribution in [0, 0.1) is 11.6 Å². The SMILES string of the molecule is CCn1cc(C(F)(F)F)nc1-c1c(F)cc(Cc2nccc3nc(-c4c(OC)ncnc4C4CC4)oc23)cc1F. The summed E-state index contributed by atoms with van der Waals surface area (Å²) < 4.78 is 82.6. The molecule has 40 heavy (non-hydrogen) atoms. The molecule has 0 spiro atoms. The number of benzene rings is 1. The van der Waals surface area contributed by atoms with Crippen molar-refractivity contribution >= 4 is 11.1 Å². The highest BCUT2D eigenvalue weighted by Gasteiger charge is 2.36. The van der Waals surface area contributed by atoms with Crippen molar-refractivity contribution in [1.29, 1.82) is 0 Å². The molecule has 0 aliphatic heterocycles. The van der Waals surface area contributed by atoms with Gasteiger partial charge in [-0.05, 0) is 43.5 Å². The molecule has 1 saturated carbocycles. The molecule has 13 heteroatoms. The molecular weight excluding hydrogens is 535 g/mol. The first kappa shape index (κ1) is 25.8. The lowest BCUT2D eigenvalue weighted by molar-refractivity contribution is -0.140. The average Bonchev–Trinajstić information content (AvgIpc) is 3.51. The van der Waals surface area contributed by atoms with E-state index in [4.69, 9.17) is 9.15 Å². The molecule has 0 saturated heterocycles. The second-order valence-corrected chi connectivity index (χ2v) is 9.39. The topological polar surface area (TPSA) is 91.8 Å². The minimum atomic E-state index is -4.75. The molecule has 0 amide bonds. The fraction of sp³-hybridized carbons (Fsp3) is 0.296. The molecule has 1 aliphatic rings. The first-order valence-corrected chi connectivity index (χ1v) is 12.4. The van der Waals surface area contributed by atoms with E-state index in [0.29, 0.717) is 28.2 Å². The molecule has 6 rings (SSSR count). The van der Waals surface area contributed by atoms with Crippen molar-refractivity contribution in [3.63, 3.8) is 0 Å². The standard InChI is InChI=1S/C27H21F5N6O2/c1-3-38-11-19(27(30,31)32)37-24(38)20-15(28)8-13(9-16(20)29)10-18-23-17(6-7-33-18)36-26(40-23)21-22(14-4-5-14)34-12-35-25(21)39-2/h6-9,11-12,14H,3-5,10H2,1-2H3. The Kier molecular flexibility index (Phi) is 6.23. The zero-order chi connectivity index (χ0) is 28.2. The summed E-state index contributed by atoms with van der Waals surface area (Å²) in [5, 5.41) is 0. The number of methoxy groups -OCH3 is 1. The third-order valence-electron chi connectivity index (χ3n) is 6.70. The number of hydrogen-bond acceptors (Lipinski definition) is 7. The van der Waals surface area contributed by atoms with Crippen LogP contribution in [0.3, 0.4) is 0 Å². The fourth-order valence-electron chi connectivity index (χ4n) is 4.67. The van der Waals surface area contributed by atoms with E-state index < -0.39 is 34.9 Å². The second kappa shape index (κ2) is 9.65. The smallest absolute Gasteiger partial charge is 0.434 e. The summed E-state index contributed by atoms with van der Waals surface area (Å²) >= 11 is 0. The van der Waals surface area contributed by atoms with E-state index in [1.165, 1.54) is 19.6 Å². The van der Waals surface area contributed by atoms with Crippen LogP contribution in [0.4, 0.5) is 22.0 Å². The number of imidazole rings is 1. The van der Waals surface area contributed by atoms with Crippen molar-refractivity contribution in [3.8, 4) is 28.7 Å². The Morgan fingerprint density at radius 3 is 2.45 bits per heavy atom. The summed E-state index contributed by atoms with van der Waals surface area (Å²) in [5.74, 6) is -1.73. The second-order valence-electron chi connectivity index (χ2n) is 9.39. The number of aromatic nitrogens is 6. The van der Waals surface area contributed by atoms with Crippen molar-refractivity contribution < 1.29 is 31.1 Å². The Bertz CT molecular complexity index is 1720. The number of pyridine rings is 1. The summed E-state index contributed by atoms with van der Waals surface area (Å²) in [6, 6.07) is 3.75. The monoisotopic (exact) mass is 556 g/mol. The van der Waals surface area contributed by atoms with Gasteiger partial charge in [-0.3, -0.25) is 4.98 Å². The number of oxazole rings is 1. The van der Waals surface area contributed by atoms with Gasteiger partial charge in [0.25, 0.3) is 0 Å². The molecule has 1 fully saturated rings. The van der Waals surface area contributed by atoms with Gasteiger partial charge in [-0.1, -0.05) is 0 Å². The third kappa shape index (κ3) is 4.54. The molecule has 0 radical (unpaired) electrons. The molecule has 8 nitrogen and oxygen atoms in total. The van der Waals surface area contributed by atoms with Gasteiger partial charge in [-0.2, -0.15) is 13.2 Å². The molecule has 0 unspecified atom stereocenters. The first-order chi connectivity index (χ1) is 19.2. The number of rotatable bonds is 7. The average molecular weight is 556 g/mol. The lowest BCUT2D eigenvalue weighted by atomic mass is 10.0. The van der Waals surface area contributed by atoms with Gasteiger partial charge in [0.1, 0.15) is 34.9 Å². The maximum atomic E-state index is 15.2. The Morgan fingerprint density at radius 1 is 1.05 bits per heavy atom. The van der Waals surface area contributed by atoms with Gasteiger partial charge in [-0.15, -0.1) is 0 Å². The number of ether oxygens (including phenoxy) is 1. The third-order valence-corrected chi connectivity index (χ3v) is 6.70. The molecule has 4 heterocycles. The van der Waals surface area contributed by atoms with E-state index >= 15 is 8.78 Å². The van der Waals surface area contributed by atoms with Gasteiger partial charge in [0.05, 0.1) is 24.1 Å². The number of nitrogens with zero attached hydrogens (tertiary/aromatic N) is 6. The molecule has 0 atom stereocenters. The zero-order valence-electron chi connectivity index (χ0n) is 21.3. The van der Waals surface area contributed by atoms with Crippen LogP contribution in [0.1, 0.15) is 48.3 Å². The molecule has 4 aromatic heterocycles. The van der Waals surface area contributed by atoms with Crippen LogP contribution < -0.4 is 4.74 Å². The Balaban J connectivity index is 1.38. The van der Waals surface area contributed by atoms with Gasteiger partial charge >= 0.3 is 6.18 Å². The summed E-state index contributed by atoms with van der Waals surface area (Å²) in [4.78, 5) is 21.0. The van der Waals surface area contributed by atoms with Crippen LogP contribution in [0.25, 0.3) is 33.9 Å². The predicted octanol–water partition coefficient (Wildman–Crippen LogP) is 6.34. The van der Waals surface area contributed by atoms with Gasteiger partial charge < -0.3 is 13.7 Å².